The van der Waals surface area contributed by atoms with Crippen LogP contribution < -0.4 is 4.57 Å². The van der Waals surface area contributed by atoms with E-state index in [9.17, 15) is 0 Å². The number of rotatable bonds is 15. The molecule has 0 spiro atoms. The third-order valence-corrected chi connectivity index (χ3v) is 5.61. The molecule has 0 radical (unpaired) electrons. The van der Waals surface area contributed by atoms with Crippen molar-refractivity contribution in [1.29, 1.82) is 0 Å². The van der Waals surface area contributed by atoms with Gasteiger partial charge in [-0.15, -0.1) is 0 Å². The van der Waals surface area contributed by atoms with Crippen LogP contribution >= 0.6 is 0 Å². The van der Waals surface area contributed by atoms with E-state index in [4.69, 9.17) is 0 Å². The van der Waals surface area contributed by atoms with E-state index in [0.29, 0.717) is 0 Å². The van der Waals surface area contributed by atoms with Crippen LogP contribution in [0.15, 0.2) is 42.7 Å². The van der Waals surface area contributed by atoms with E-state index in [1.807, 2.05) is 0 Å². The summed E-state index contributed by atoms with van der Waals surface area (Å²) in [6.45, 7) is 3.42. The Morgan fingerprint density at radius 1 is 0.704 bits per heavy atom. The fourth-order valence-corrected chi connectivity index (χ4v) is 3.96. The first-order chi connectivity index (χ1) is 13.3. The molecule has 2 nitrogen and oxygen atoms in total. The lowest BCUT2D eigenvalue weighted by Crippen LogP contribution is -2.34. The van der Waals surface area contributed by atoms with Crippen molar-refractivity contribution in [3.05, 3.63) is 42.7 Å². The summed E-state index contributed by atoms with van der Waals surface area (Å²) in [5.74, 6) is 1.31. The van der Waals surface area contributed by atoms with Crippen LogP contribution in [0.1, 0.15) is 90.4 Å². The molecular weight excluding hydrogens is 328 g/mol. The summed E-state index contributed by atoms with van der Waals surface area (Å²) in [5.41, 5.74) is 1.31. The number of aromatic nitrogens is 2. The molecule has 0 N–H and O–H groups in total. The van der Waals surface area contributed by atoms with E-state index in [1.54, 1.807) is 0 Å². The van der Waals surface area contributed by atoms with E-state index in [-0.39, 0.29) is 0 Å². The first-order valence-electron chi connectivity index (χ1n) is 11.4. The zero-order valence-electron chi connectivity index (χ0n) is 17.8. The van der Waals surface area contributed by atoms with Gasteiger partial charge >= 0.3 is 0 Å². The molecular formula is C25H41N2+. The van der Waals surface area contributed by atoms with Gasteiger partial charge in [0, 0.05) is 0 Å². The average Bonchev–Trinajstić information content (AvgIpc) is 3.06. The highest BCUT2D eigenvalue weighted by Gasteiger charge is 2.15. The number of nitrogens with zero attached hydrogens (tertiary/aromatic N) is 2. The summed E-state index contributed by atoms with van der Waals surface area (Å²) in [5, 5.41) is 0. The molecule has 0 saturated carbocycles. The van der Waals surface area contributed by atoms with Gasteiger partial charge in [0.2, 0.25) is 0 Å². The Morgan fingerprint density at radius 3 is 1.78 bits per heavy atom. The minimum atomic E-state index is 1.13. The van der Waals surface area contributed by atoms with Crippen molar-refractivity contribution in [2.24, 2.45) is 7.05 Å². The van der Waals surface area contributed by atoms with Crippen molar-refractivity contribution in [2.75, 3.05) is 0 Å². The number of imidazole rings is 1. The largest absolute Gasteiger partial charge is 0.288 e. The summed E-state index contributed by atoms with van der Waals surface area (Å²) >= 11 is 0. The Balaban J connectivity index is 1.52. The third-order valence-electron chi connectivity index (χ3n) is 5.61. The predicted octanol–water partition coefficient (Wildman–Crippen LogP) is 7.07. The highest BCUT2D eigenvalue weighted by molar-refractivity contribution is 5.52. The fraction of sp³-hybridized carbons (Fsp3) is 0.640. The molecule has 2 heteroatoms. The summed E-state index contributed by atoms with van der Waals surface area (Å²) < 4.78 is 4.64. The van der Waals surface area contributed by atoms with Crippen LogP contribution in [0.4, 0.5) is 0 Å². The number of hydrogen-bond acceptors (Lipinski definition) is 0. The highest BCUT2D eigenvalue weighted by atomic mass is 15.1. The predicted molar refractivity (Wildman–Crippen MR) is 117 cm³/mol. The van der Waals surface area contributed by atoms with Crippen molar-refractivity contribution in [1.82, 2.24) is 4.57 Å². The van der Waals surface area contributed by atoms with Crippen molar-refractivity contribution in [2.45, 2.75) is 96.9 Å². The Labute approximate surface area is 167 Å². The van der Waals surface area contributed by atoms with E-state index >= 15 is 0 Å². The van der Waals surface area contributed by atoms with Crippen LogP contribution in [0.25, 0.3) is 11.4 Å². The summed E-state index contributed by atoms with van der Waals surface area (Å²) in [6.07, 6.45) is 22.8. The maximum atomic E-state index is 2.41. The molecule has 2 rings (SSSR count). The van der Waals surface area contributed by atoms with Gasteiger partial charge in [-0.1, -0.05) is 95.8 Å². The second-order valence-electron chi connectivity index (χ2n) is 8.03. The standard InChI is InChI=1S/C25H41N2/c1-3-4-5-6-7-8-9-10-11-12-13-14-18-21-27-23-22-26(2)25(27)24-19-16-15-17-20-24/h15-17,19-20,22-23H,3-14,18,21H2,1-2H3/q+1. The van der Waals surface area contributed by atoms with Crippen LogP contribution in [0.3, 0.4) is 0 Å². The second-order valence-corrected chi connectivity index (χ2v) is 8.03. The SMILES string of the molecule is CCCCCCCCCCCCCCC[n+]1ccn(C)c1-c1ccccc1. The summed E-state index contributed by atoms with van der Waals surface area (Å²) in [7, 11) is 2.14. The van der Waals surface area contributed by atoms with Gasteiger partial charge in [-0.2, -0.15) is 0 Å². The van der Waals surface area contributed by atoms with Gasteiger partial charge in [0.25, 0.3) is 5.82 Å². The fourth-order valence-electron chi connectivity index (χ4n) is 3.96. The zero-order chi connectivity index (χ0) is 19.2. The molecule has 0 saturated heterocycles. The minimum Gasteiger partial charge on any atom is -0.233 e. The van der Waals surface area contributed by atoms with E-state index in [1.165, 1.54) is 94.9 Å². The van der Waals surface area contributed by atoms with E-state index in [0.717, 1.165) is 6.54 Å². The van der Waals surface area contributed by atoms with Crippen molar-refractivity contribution in [3.63, 3.8) is 0 Å². The first-order valence-corrected chi connectivity index (χ1v) is 11.4. The Kier molecular flexibility index (Phi) is 10.9. The smallest absolute Gasteiger partial charge is 0.233 e. The Hall–Kier alpha value is -1.57. The van der Waals surface area contributed by atoms with Gasteiger partial charge in [0.05, 0.1) is 19.2 Å². The van der Waals surface area contributed by atoms with Crippen molar-refractivity contribution >= 4 is 0 Å². The number of hydrogen-bond donors (Lipinski definition) is 0. The van der Waals surface area contributed by atoms with E-state index < -0.39 is 0 Å². The highest BCUT2D eigenvalue weighted by Crippen LogP contribution is 2.15. The number of benzene rings is 1. The van der Waals surface area contributed by atoms with Gasteiger partial charge < -0.3 is 0 Å². The van der Waals surface area contributed by atoms with Crippen LogP contribution in [-0.4, -0.2) is 4.57 Å². The molecule has 0 aliphatic rings. The van der Waals surface area contributed by atoms with Crippen molar-refractivity contribution < 1.29 is 4.57 Å². The van der Waals surface area contributed by atoms with Gasteiger partial charge in [-0.3, -0.25) is 0 Å². The van der Waals surface area contributed by atoms with Gasteiger partial charge in [0.15, 0.2) is 0 Å². The molecule has 0 atom stereocenters. The summed E-state index contributed by atoms with van der Waals surface area (Å²) in [6, 6.07) is 10.7. The molecule has 1 heterocycles. The molecule has 2 aromatic rings. The third kappa shape index (κ3) is 8.32. The molecule has 1 aromatic carbocycles. The maximum absolute atomic E-state index is 2.41. The molecule has 0 amide bonds. The quantitative estimate of drug-likeness (QED) is 0.234. The number of aryl methyl sites for hydroxylation is 2. The molecule has 150 valence electrons. The molecule has 0 bridgehead atoms. The molecule has 0 fully saturated rings. The van der Waals surface area contributed by atoms with Crippen LogP contribution in [0, 0.1) is 0 Å². The molecule has 1 aromatic heterocycles. The zero-order valence-corrected chi connectivity index (χ0v) is 17.8. The average molecular weight is 370 g/mol. The monoisotopic (exact) mass is 369 g/mol. The normalized spacial score (nSPS) is 11.2. The number of unbranched alkanes of at least 4 members (excludes halogenated alkanes) is 12. The lowest BCUT2D eigenvalue weighted by atomic mass is 10.0. The molecule has 0 unspecified atom stereocenters. The van der Waals surface area contributed by atoms with Crippen LogP contribution in [-0.2, 0) is 13.6 Å². The Bertz CT molecular complexity index is 600. The maximum Gasteiger partial charge on any atom is 0.288 e. The molecule has 27 heavy (non-hydrogen) atoms. The Morgan fingerprint density at radius 2 is 1.22 bits per heavy atom. The van der Waals surface area contributed by atoms with E-state index in [2.05, 4.69) is 65.8 Å². The van der Waals surface area contributed by atoms with Crippen LogP contribution in [0.5, 0.6) is 0 Å². The lowest BCUT2D eigenvalue weighted by molar-refractivity contribution is -0.685. The topological polar surface area (TPSA) is 8.81 Å². The molecule has 0 aliphatic heterocycles. The lowest BCUT2D eigenvalue weighted by Gasteiger charge is -2.04. The van der Waals surface area contributed by atoms with Gasteiger partial charge in [-0.25, -0.2) is 9.13 Å². The molecule has 0 aliphatic carbocycles. The van der Waals surface area contributed by atoms with Gasteiger partial charge in [-0.05, 0) is 25.0 Å². The van der Waals surface area contributed by atoms with Crippen molar-refractivity contribution in [3.8, 4) is 11.4 Å². The minimum absolute atomic E-state index is 1.13. The van der Waals surface area contributed by atoms with Gasteiger partial charge in [0.1, 0.15) is 12.4 Å². The summed E-state index contributed by atoms with van der Waals surface area (Å²) in [4.78, 5) is 0. The first kappa shape index (κ1) is 21.7. The van der Waals surface area contributed by atoms with Crippen LogP contribution in [0.2, 0.25) is 0 Å². The second kappa shape index (κ2) is 13.6.